The summed E-state index contributed by atoms with van der Waals surface area (Å²) in [6.07, 6.45) is 1.88. The van der Waals surface area contributed by atoms with Crippen LogP contribution in [0.2, 0.25) is 0 Å². The third kappa shape index (κ3) is 3.57. The summed E-state index contributed by atoms with van der Waals surface area (Å²) in [6.45, 7) is 7.23. The third-order valence-corrected chi connectivity index (χ3v) is 6.21. The molecular weight excluding hydrogens is 290 g/mol. The SMILES string of the molecule is Cc1ccsc1C1SCC(=O)N1CCCC(C)(C)CO. The summed E-state index contributed by atoms with van der Waals surface area (Å²) in [4.78, 5) is 15.4. The molecule has 2 rings (SSSR count). The largest absolute Gasteiger partial charge is 0.396 e. The van der Waals surface area contributed by atoms with Crippen LogP contribution in [0.3, 0.4) is 0 Å². The highest BCUT2D eigenvalue weighted by Crippen LogP contribution is 2.42. The number of amides is 1. The molecule has 1 aliphatic rings. The van der Waals surface area contributed by atoms with Crippen molar-refractivity contribution in [3.8, 4) is 0 Å². The zero-order valence-electron chi connectivity index (χ0n) is 12.4. The van der Waals surface area contributed by atoms with Crippen molar-refractivity contribution in [2.45, 2.75) is 39.0 Å². The van der Waals surface area contributed by atoms with Gasteiger partial charge in [0.1, 0.15) is 5.37 Å². The second kappa shape index (κ2) is 6.50. The van der Waals surface area contributed by atoms with Crippen molar-refractivity contribution in [3.05, 3.63) is 21.9 Å². The van der Waals surface area contributed by atoms with Crippen molar-refractivity contribution in [2.24, 2.45) is 5.41 Å². The fraction of sp³-hybridized carbons (Fsp3) is 0.667. The van der Waals surface area contributed by atoms with E-state index in [1.807, 2.05) is 4.90 Å². The number of rotatable bonds is 6. The van der Waals surface area contributed by atoms with E-state index < -0.39 is 0 Å². The molecule has 1 amide bonds. The molecule has 1 unspecified atom stereocenters. The number of aryl methyl sites for hydroxylation is 1. The van der Waals surface area contributed by atoms with Gasteiger partial charge in [0.15, 0.2) is 0 Å². The average Bonchev–Trinajstić information content (AvgIpc) is 2.97. The van der Waals surface area contributed by atoms with E-state index in [0.29, 0.717) is 5.75 Å². The van der Waals surface area contributed by atoms with Gasteiger partial charge in [0.2, 0.25) is 5.91 Å². The van der Waals surface area contributed by atoms with Gasteiger partial charge >= 0.3 is 0 Å². The Hall–Kier alpha value is -0.520. The van der Waals surface area contributed by atoms with Gasteiger partial charge in [-0.2, -0.15) is 0 Å². The van der Waals surface area contributed by atoms with E-state index >= 15 is 0 Å². The Kier molecular flexibility index (Phi) is 5.15. The number of carbonyl (C=O) groups excluding carboxylic acids is 1. The van der Waals surface area contributed by atoms with Crippen LogP contribution < -0.4 is 0 Å². The first-order valence-electron chi connectivity index (χ1n) is 7.00. The summed E-state index contributed by atoms with van der Waals surface area (Å²) in [5.41, 5.74) is 1.23. The van der Waals surface area contributed by atoms with Crippen LogP contribution >= 0.6 is 23.1 Å². The predicted octanol–water partition coefficient (Wildman–Crippen LogP) is 3.43. The molecule has 0 aromatic carbocycles. The monoisotopic (exact) mass is 313 g/mol. The Morgan fingerprint density at radius 2 is 2.25 bits per heavy atom. The van der Waals surface area contributed by atoms with Crippen LogP contribution in [0.15, 0.2) is 11.4 Å². The molecule has 3 nitrogen and oxygen atoms in total. The first-order valence-corrected chi connectivity index (χ1v) is 8.93. The highest BCUT2D eigenvalue weighted by Gasteiger charge is 2.34. The lowest BCUT2D eigenvalue weighted by molar-refractivity contribution is -0.128. The summed E-state index contributed by atoms with van der Waals surface area (Å²) in [6, 6.07) is 2.12. The summed E-state index contributed by atoms with van der Waals surface area (Å²) < 4.78 is 0. The van der Waals surface area contributed by atoms with Gasteiger partial charge in [0.05, 0.1) is 5.75 Å². The molecule has 1 fully saturated rings. The summed E-state index contributed by atoms with van der Waals surface area (Å²) in [5.74, 6) is 0.834. The molecule has 0 bridgehead atoms. The van der Waals surface area contributed by atoms with Crippen LogP contribution in [0.4, 0.5) is 0 Å². The molecule has 1 saturated heterocycles. The molecule has 0 saturated carbocycles. The van der Waals surface area contributed by atoms with Crippen LogP contribution in [0.25, 0.3) is 0 Å². The molecule has 112 valence electrons. The number of carbonyl (C=O) groups is 1. The average molecular weight is 313 g/mol. The van der Waals surface area contributed by atoms with E-state index in [9.17, 15) is 9.90 Å². The Balaban J connectivity index is 1.98. The second-order valence-corrected chi connectivity index (χ2v) is 8.16. The Labute approximate surface area is 129 Å². The zero-order valence-corrected chi connectivity index (χ0v) is 14.0. The first kappa shape index (κ1) is 15.9. The Bertz CT molecular complexity index is 470. The number of thioether (sulfide) groups is 1. The van der Waals surface area contributed by atoms with Gasteiger partial charge < -0.3 is 10.0 Å². The van der Waals surface area contributed by atoms with Crippen molar-refractivity contribution in [3.63, 3.8) is 0 Å². The molecular formula is C15H23NO2S2. The van der Waals surface area contributed by atoms with Crippen LogP contribution in [-0.2, 0) is 4.79 Å². The van der Waals surface area contributed by atoms with Gasteiger partial charge in [-0.05, 0) is 42.2 Å². The normalized spacial score (nSPS) is 19.9. The number of hydrogen-bond acceptors (Lipinski definition) is 4. The fourth-order valence-electron chi connectivity index (χ4n) is 2.36. The highest BCUT2D eigenvalue weighted by molar-refractivity contribution is 8.00. The standard InChI is InChI=1S/C15H23NO2S2/c1-11-5-8-19-13(11)14-16(12(18)9-20-14)7-4-6-15(2,3)10-17/h5,8,14,17H,4,6-7,9-10H2,1-3H3. The van der Waals surface area contributed by atoms with Crippen molar-refractivity contribution in [2.75, 3.05) is 18.9 Å². The van der Waals surface area contributed by atoms with E-state index in [1.54, 1.807) is 23.1 Å². The minimum Gasteiger partial charge on any atom is -0.396 e. The third-order valence-electron chi connectivity index (χ3n) is 3.77. The minimum atomic E-state index is -0.0513. The van der Waals surface area contributed by atoms with Gasteiger partial charge in [-0.3, -0.25) is 4.79 Å². The molecule has 1 atom stereocenters. The molecule has 2 heterocycles. The van der Waals surface area contributed by atoms with Gasteiger partial charge in [0, 0.05) is 18.0 Å². The maximum absolute atomic E-state index is 12.1. The molecule has 0 radical (unpaired) electrons. The maximum Gasteiger partial charge on any atom is 0.233 e. The van der Waals surface area contributed by atoms with Crippen molar-refractivity contribution >= 4 is 29.0 Å². The number of aliphatic hydroxyl groups excluding tert-OH is 1. The second-order valence-electron chi connectivity index (χ2n) is 6.14. The summed E-state index contributed by atoms with van der Waals surface area (Å²) in [5, 5.41) is 11.6. The fourth-order valence-corrected chi connectivity index (χ4v) is 4.85. The molecule has 1 aliphatic heterocycles. The summed E-state index contributed by atoms with van der Waals surface area (Å²) in [7, 11) is 0. The predicted molar refractivity (Wildman–Crippen MR) is 86.1 cm³/mol. The molecule has 1 N–H and O–H groups in total. The number of aliphatic hydroxyl groups is 1. The van der Waals surface area contributed by atoms with Gasteiger partial charge in [-0.25, -0.2) is 0 Å². The molecule has 0 aliphatic carbocycles. The quantitative estimate of drug-likeness (QED) is 0.875. The van der Waals surface area contributed by atoms with Crippen LogP contribution in [0.1, 0.15) is 42.5 Å². The van der Waals surface area contributed by atoms with Crippen molar-refractivity contribution in [1.82, 2.24) is 4.90 Å². The summed E-state index contributed by atoms with van der Waals surface area (Å²) >= 11 is 3.47. The number of thiophene rings is 1. The van der Waals surface area contributed by atoms with Crippen LogP contribution in [0.5, 0.6) is 0 Å². The zero-order chi connectivity index (χ0) is 14.8. The number of hydrogen-bond donors (Lipinski definition) is 1. The van der Waals surface area contributed by atoms with E-state index in [4.69, 9.17) is 0 Å². The van der Waals surface area contributed by atoms with E-state index in [0.717, 1.165) is 19.4 Å². The van der Waals surface area contributed by atoms with Crippen LogP contribution in [-0.4, -0.2) is 34.8 Å². The smallest absolute Gasteiger partial charge is 0.233 e. The molecule has 20 heavy (non-hydrogen) atoms. The van der Waals surface area contributed by atoms with Crippen LogP contribution in [0, 0.1) is 12.3 Å². The van der Waals surface area contributed by atoms with E-state index in [-0.39, 0.29) is 23.3 Å². The lowest BCUT2D eigenvalue weighted by atomic mass is 9.89. The molecule has 0 spiro atoms. The van der Waals surface area contributed by atoms with Crippen molar-refractivity contribution < 1.29 is 9.90 Å². The first-order chi connectivity index (χ1) is 9.44. The van der Waals surface area contributed by atoms with Gasteiger partial charge in [-0.1, -0.05) is 13.8 Å². The molecule has 1 aromatic heterocycles. The van der Waals surface area contributed by atoms with E-state index in [1.165, 1.54) is 10.4 Å². The molecule has 5 heteroatoms. The minimum absolute atomic E-state index is 0.0513. The van der Waals surface area contributed by atoms with E-state index in [2.05, 4.69) is 32.2 Å². The van der Waals surface area contributed by atoms with Gasteiger partial charge in [0.25, 0.3) is 0 Å². The topological polar surface area (TPSA) is 40.5 Å². The lowest BCUT2D eigenvalue weighted by Crippen LogP contribution is -2.30. The Morgan fingerprint density at radius 1 is 1.50 bits per heavy atom. The van der Waals surface area contributed by atoms with Gasteiger partial charge in [-0.15, -0.1) is 23.1 Å². The molecule has 1 aromatic rings. The van der Waals surface area contributed by atoms with Crippen molar-refractivity contribution in [1.29, 1.82) is 0 Å². The number of nitrogens with zero attached hydrogens (tertiary/aromatic N) is 1. The Morgan fingerprint density at radius 3 is 2.85 bits per heavy atom. The lowest BCUT2D eigenvalue weighted by Gasteiger charge is -2.26. The highest BCUT2D eigenvalue weighted by atomic mass is 32.2. The maximum atomic E-state index is 12.1.